The normalized spacial score (nSPS) is 10.8. The zero-order valence-corrected chi connectivity index (χ0v) is 16.1. The van der Waals surface area contributed by atoms with Gasteiger partial charge in [-0.05, 0) is 27.7 Å². The number of hydrogen-bond donors (Lipinski definition) is 2. The molecule has 0 aromatic heterocycles. The topological polar surface area (TPSA) is 120 Å². The molecule has 0 bridgehead atoms. The van der Waals surface area contributed by atoms with Crippen LogP contribution in [-0.2, 0) is 0 Å². The largest absolute Gasteiger partial charge is 1.00 e. The Labute approximate surface area is 153 Å². The predicted octanol–water partition coefficient (Wildman–Crippen LogP) is -2.52. The summed E-state index contributed by atoms with van der Waals surface area (Å²) in [6.07, 6.45) is 0. The Bertz CT molecular complexity index is 262. The Morgan fingerprint density at radius 3 is 1.12 bits per heavy atom. The summed E-state index contributed by atoms with van der Waals surface area (Å²) in [4.78, 5) is 0. The van der Waals surface area contributed by atoms with Gasteiger partial charge in [0.1, 0.15) is 0 Å². The van der Waals surface area contributed by atoms with Crippen molar-refractivity contribution in [2.24, 2.45) is 10.2 Å². The molecule has 0 amide bonds. The summed E-state index contributed by atoms with van der Waals surface area (Å²) in [7, 11) is 0. The summed E-state index contributed by atoms with van der Waals surface area (Å²) >= 11 is 0. The summed E-state index contributed by atoms with van der Waals surface area (Å²) < 4.78 is 0. The third-order valence-electron chi connectivity index (χ3n) is 1.77. The smallest absolute Gasteiger partial charge is 0.484 e. The van der Waals surface area contributed by atoms with Gasteiger partial charge in [0.25, 0.3) is 0 Å². The van der Waals surface area contributed by atoms with Crippen LogP contribution in [-0.4, -0.2) is 22.7 Å². The van der Waals surface area contributed by atoms with Crippen LogP contribution in [0.4, 0.5) is 0 Å². The summed E-state index contributed by atoms with van der Waals surface area (Å²) in [6, 6.07) is 0. The van der Waals surface area contributed by atoms with Crippen molar-refractivity contribution in [3.8, 4) is 0 Å². The molecule has 0 aliphatic heterocycles. The average molecular weight is 279 g/mol. The van der Waals surface area contributed by atoms with Gasteiger partial charge in [0, 0.05) is 0 Å². The number of azo groups is 1. The van der Waals surface area contributed by atoms with E-state index in [9.17, 15) is 0 Å². The zero-order chi connectivity index (χ0) is 11.6. The van der Waals surface area contributed by atoms with Gasteiger partial charge in [-0.1, -0.05) is 11.7 Å². The van der Waals surface area contributed by atoms with Crippen LogP contribution in [0.1, 0.15) is 27.7 Å². The van der Waals surface area contributed by atoms with Gasteiger partial charge in [-0.2, -0.15) is 10.2 Å². The van der Waals surface area contributed by atoms with Gasteiger partial charge in [0.2, 0.25) is 0 Å². The minimum absolute atomic E-state index is 0. The Morgan fingerprint density at radius 2 is 1.00 bits per heavy atom. The summed E-state index contributed by atoms with van der Waals surface area (Å²) in [5, 5.41) is 21.9. The molecule has 9 heteroatoms. The molecule has 0 rings (SSSR count). The first-order valence-electron chi connectivity index (χ1n) is 4.15. The summed E-state index contributed by atoms with van der Waals surface area (Å²) in [5.74, 6) is -0.679. The monoisotopic (exact) mass is 278 g/mol. The molecule has 0 aromatic rings. The third kappa shape index (κ3) is 9.41. The molecule has 6 nitrogen and oxygen atoms in total. The van der Waals surface area contributed by atoms with E-state index in [1.165, 1.54) is 0 Å². The fraction of sp³-hybridized carbons (Fsp3) is 0.750. The maximum atomic E-state index is 7.12. The Balaban J connectivity index is -0.000000282. The fourth-order valence-corrected chi connectivity index (χ4v) is 0.350. The molecule has 0 aliphatic carbocycles. The van der Waals surface area contributed by atoms with Crippen LogP contribution in [0.25, 0.3) is 11.5 Å². The van der Waals surface area contributed by atoms with E-state index in [1.54, 1.807) is 27.7 Å². The van der Waals surface area contributed by atoms with Crippen LogP contribution in [0, 0.1) is 10.8 Å². The van der Waals surface area contributed by atoms with Gasteiger partial charge in [-0.25, -0.2) is 0 Å². The van der Waals surface area contributed by atoms with Gasteiger partial charge in [0.05, 0.1) is 11.1 Å². The average Bonchev–Trinajstić information content (AvgIpc) is 2.01. The summed E-state index contributed by atoms with van der Waals surface area (Å²) in [6.45, 7) is 6.37. The molecular weight excluding hydrogens is 262 g/mol. The van der Waals surface area contributed by atoms with Crippen molar-refractivity contribution in [3.63, 3.8) is 0 Å². The van der Waals surface area contributed by atoms with Crippen molar-refractivity contribution in [2.75, 3.05) is 0 Å². The van der Waals surface area contributed by atoms with Gasteiger partial charge in [-0.3, -0.25) is 0 Å². The van der Waals surface area contributed by atoms with Crippen LogP contribution in [0.15, 0.2) is 10.2 Å². The van der Waals surface area contributed by atoms with E-state index in [0.717, 1.165) is 0 Å². The van der Waals surface area contributed by atoms with Crippen LogP contribution in [0.2, 0.25) is 0 Å². The number of nitrogens with zero attached hydrogens (tertiary/aromatic N) is 2. The Hall–Kier alpha value is 0.830. The molecule has 17 heavy (non-hydrogen) atoms. The van der Waals surface area contributed by atoms with Gasteiger partial charge >= 0.3 is 59.1 Å². The van der Waals surface area contributed by atoms with E-state index in [4.69, 9.17) is 22.3 Å². The molecule has 0 unspecified atom stereocenters. The van der Waals surface area contributed by atoms with E-state index in [1.807, 2.05) is 0 Å². The van der Waals surface area contributed by atoms with Gasteiger partial charge in [-0.15, -0.1) is 12.4 Å². The maximum absolute atomic E-state index is 7.12. The van der Waals surface area contributed by atoms with Crippen LogP contribution in [0.3, 0.4) is 0 Å². The van der Waals surface area contributed by atoms with Crippen molar-refractivity contribution in [1.29, 1.82) is 10.8 Å². The zero-order valence-electron chi connectivity index (χ0n) is 11.3. The van der Waals surface area contributed by atoms with Gasteiger partial charge < -0.3 is 22.3 Å². The molecule has 0 aromatic carbocycles. The van der Waals surface area contributed by atoms with Crippen molar-refractivity contribution in [3.05, 3.63) is 11.5 Å². The quantitative estimate of drug-likeness (QED) is 0.244. The predicted molar refractivity (Wildman–Crippen MR) is 64.4 cm³/mol. The fourth-order valence-electron chi connectivity index (χ4n) is 0.350. The molecular formula is C8H17ClN6Na2. The molecule has 0 aliphatic rings. The van der Waals surface area contributed by atoms with E-state index in [0.29, 0.717) is 0 Å². The molecule has 88 valence electrons. The molecule has 0 fully saturated rings. The first-order chi connectivity index (χ1) is 6.09. The van der Waals surface area contributed by atoms with Crippen LogP contribution in [0.5, 0.6) is 0 Å². The summed E-state index contributed by atoms with van der Waals surface area (Å²) in [5.41, 5.74) is 12.3. The standard InChI is InChI=1S/C8H16N6.ClH.2Na/c1-7(2,5(9)10)13-14-8(3,4)6(11)12;;;/h1-4H3,(H4-2,9,10,11,12);1H;;/q-2;;2*+1. The first kappa shape index (κ1) is 26.4. The number of halogens is 1. The van der Waals surface area contributed by atoms with Crippen molar-refractivity contribution < 1.29 is 59.1 Å². The molecule has 0 heterocycles. The molecule has 0 spiro atoms. The van der Waals surface area contributed by atoms with E-state index < -0.39 is 11.1 Å². The Kier molecular flexibility index (Phi) is 15.1. The molecule has 0 atom stereocenters. The molecule has 0 saturated carbocycles. The minimum atomic E-state index is -0.979. The number of hydrogen-bond acceptors (Lipinski definition) is 4. The molecule has 4 N–H and O–H groups in total. The SMILES string of the molecule is CC(C)(N=NC(C)(C)C(=N)[NH-])C(=N)[NH-].Cl.[Na+].[Na+]. The second kappa shape index (κ2) is 9.72. The van der Waals surface area contributed by atoms with Crippen LogP contribution < -0.4 is 59.1 Å². The first-order valence-corrected chi connectivity index (χ1v) is 4.15. The van der Waals surface area contributed by atoms with E-state index >= 15 is 0 Å². The second-order valence-corrected chi connectivity index (χ2v) is 4.07. The van der Waals surface area contributed by atoms with Crippen molar-refractivity contribution >= 4 is 24.1 Å². The second-order valence-electron chi connectivity index (χ2n) is 4.07. The van der Waals surface area contributed by atoms with E-state index in [2.05, 4.69) is 10.2 Å². The minimum Gasteiger partial charge on any atom is -0.484 e. The Morgan fingerprint density at radius 1 is 0.824 bits per heavy atom. The molecule has 0 radical (unpaired) electrons. The van der Waals surface area contributed by atoms with Crippen LogP contribution >= 0.6 is 12.4 Å². The maximum Gasteiger partial charge on any atom is 1.00 e. The number of rotatable bonds is 4. The van der Waals surface area contributed by atoms with Crippen molar-refractivity contribution in [2.45, 2.75) is 38.8 Å². The van der Waals surface area contributed by atoms with Gasteiger partial charge in [0.15, 0.2) is 0 Å². The molecule has 0 saturated heterocycles. The van der Waals surface area contributed by atoms with Crippen molar-refractivity contribution in [1.82, 2.24) is 0 Å². The number of amidine groups is 2. The van der Waals surface area contributed by atoms with E-state index in [-0.39, 0.29) is 83.2 Å². The third-order valence-corrected chi connectivity index (χ3v) is 1.77. The number of nitrogens with one attached hydrogen (secondary N) is 4.